The average Bonchev–Trinajstić information content (AvgIpc) is 2.27. The van der Waals surface area contributed by atoms with Gasteiger partial charge in [-0.2, -0.15) is 0 Å². The van der Waals surface area contributed by atoms with Crippen LogP contribution >= 0.6 is 15.9 Å². The molecule has 100 valence electrons. The molecule has 18 heavy (non-hydrogen) atoms. The lowest BCUT2D eigenvalue weighted by atomic mass is 9.93. The number of benzene rings is 1. The number of nitrogens with zero attached hydrogens (tertiary/aromatic N) is 1. The summed E-state index contributed by atoms with van der Waals surface area (Å²) in [5, 5.41) is 9.66. The van der Waals surface area contributed by atoms with Crippen molar-refractivity contribution in [3.8, 4) is 0 Å². The maximum absolute atomic E-state index is 13.3. The molecule has 2 unspecified atom stereocenters. The Labute approximate surface area is 116 Å². The van der Waals surface area contributed by atoms with Gasteiger partial charge in [-0.05, 0) is 56.0 Å². The van der Waals surface area contributed by atoms with Crippen LogP contribution in [0.4, 0.5) is 4.39 Å². The van der Waals surface area contributed by atoms with Crippen LogP contribution < -0.4 is 0 Å². The first-order valence-corrected chi connectivity index (χ1v) is 7.19. The van der Waals surface area contributed by atoms with E-state index in [2.05, 4.69) is 20.8 Å². The number of piperidine rings is 1. The molecule has 1 aliphatic heterocycles. The van der Waals surface area contributed by atoms with Crippen molar-refractivity contribution >= 4 is 15.9 Å². The molecule has 1 N–H and O–H groups in total. The number of halogens is 2. The Kier molecular flexibility index (Phi) is 4.76. The molecule has 0 spiro atoms. The third kappa shape index (κ3) is 3.77. The van der Waals surface area contributed by atoms with Crippen molar-refractivity contribution in [3.63, 3.8) is 0 Å². The molecule has 0 radical (unpaired) electrons. The number of rotatable bonds is 3. The second-order valence-electron chi connectivity index (χ2n) is 5.16. The Morgan fingerprint density at radius 1 is 1.50 bits per heavy atom. The summed E-state index contributed by atoms with van der Waals surface area (Å²) >= 11 is 3.31. The van der Waals surface area contributed by atoms with Gasteiger partial charge < -0.3 is 5.11 Å². The zero-order chi connectivity index (χ0) is 13.1. The van der Waals surface area contributed by atoms with Gasteiger partial charge in [0.25, 0.3) is 0 Å². The second-order valence-corrected chi connectivity index (χ2v) is 6.07. The molecule has 0 bridgehead atoms. The molecular formula is C14H19BrFNO. The predicted molar refractivity (Wildman–Crippen MR) is 73.8 cm³/mol. The number of aliphatic hydroxyl groups is 1. The van der Waals surface area contributed by atoms with Crippen LogP contribution in [0, 0.1) is 11.7 Å². The molecule has 0 saturated carbocycles. The van der Waals surface area contributed by atoms with Gasteiger partial charge in [0, 0.05) is 17.6 Å². The maximum Gasteiger partial charge on any atom is 0.124 e. The fraction of sp³-hybridized carbons (Fsp3) is 0.571. The first-order valence-electron chi connectivity index (χ1n) is 6.40. The van der Waals surface area contributed by atoms with Crippen LogP contribution in [0.5, 0.6) is 0 Å². The molecule has 0 amide bonds. The topological polar surface area (TPSA) is 23.5 Å². The summed E-state index contributed by atoms with van der Waals surface area (Å²) in [6.07, 6.45) is 1.93. The summed E-state index contributed by atoms with van der Waals surface area (Å²) in [5.41, 5.74) is 0.980. The minimum absolute atomic E-state index is 0.205. The Hall–Kier alpha value is -0.450. The Morgan fingerprint density at radius 3 is 2.94 bits per heavy atom. The number of hydrogen-bond donors (Lipinski definition) is 1. The van der Waals surface area contributed by atoms with Gasteiger partial charge in [-0.25, -0.2) is 4.39 Å². The fourth-order valence-corrected chi connectivity index (χ4v) is 3.10. The van der Waals surface area contributed by atoms with Crippen molar-refractivity contribution in [2.45, 2.75) is 32.4 Å². The van der Waals surface area contributed by atoms with Crippen LogP contribution in [0.15, 0.2) is 22.7 Å². The molecule has 1 heterocycles. The van der Waals surface area contributed by atoms with E-state index in [1.54, 1.807) is 6.07 Å². The van der Waals surface area contributed by atoms with E-state index in [4.69, 9.17) is 0 Å². The molecule has 1 aliphatic rings. The SMILES string of the molecule is CC(O)C1CCCN(Cc2cc(F)cc(Br)c2)C1. The van der Waals surface area contributed by atoms with Crippen molar-refractivity contribution in [3.05, 3.63) is 34.1 Å². The third-order valence-corrected chi connectivity index (χ3v) is 4.01. The first-order chi connectivity index (χ1) is 8.54. The zero-order valence-electron chi connectivity index (χ0n) is 10.6. The quantitative estimate of drug-likeness (QED) is 0.926. The maximum atomic E-state index is 13.3. The molecule has 2 atom stereocenters. The second kappa shape index (κ2) is 6.13. The van der Waals surface area contributed by atoms with E-state index >= 15 is 0 Å². The molecular weight excluding hydrogens is 297 g/mol. The molecule has 1 aromatic carbocycles. The van der Waals surface area contributed by atoms with Crippen LogP contribution in [0.25, 0.3) is 0 Å². The van der Waals surface area contributed by atoms with Gasteiger partial charge in [0.2, 0.25) is 0 Å². The van der Waals surface area contributed by atoms with Gasteiger partial charge in [0.1, 0.15) is 5.82 Å². The molecule has 2 nitrogen and oxygen atoms in total. The summed E-state index contributed by atoms with van der Waals surface area (Å²) in [5.74, 6) is 0.138. The Bertz CT molecular complexity index is 391. The van der Waals surface area contributed by atoms with Crippen LogP contribution in [0.2, 0.25) is 0 Å². The van der Waals surface area contributed by atoms with Crippen molar-refractivity contribution in [1.82, 2.24) is 4.90 Å². The highest BCUT2D eigenvalue weighted by Crippen LogP contribution is 2.22. The van der Waals surface area contributed by atoms with Crippen LogP contribution in [0.1, 0.15) is 25.3 Å². The molecule has 4 heteroatoms. The van der Waals surface area contributed by atoms with Gasteiger partial charge in [0.15, 0.2) is 0 Å². The normalized spacial score (nSPS) is 23.0. The van der Waals surface area contributed by atoms with Crippen molar-refractivity contribution < 1.29 is 9.50 Å². The highest BCUT2D eigenvalue weighted by atomic mass is 79.9. The largest absolute Gasteiger partial charge is 0.393 e. The Balaban J connectivity index is 2.00. The number of likely N-dealkylation sites (tertiary alicyclic amines) is 1. The van der Waals surface area contributed by atoms with Crippen molar-refractivity contribution in [1.29, 1.82) is 0 Å². The zero-order valence-corrected chi connectivity index (χ0v) is 12.2. The van der Waals surface area contributed by atoms with E-state index < -0.39 is 0 Å². The average molecular weight is 316 g/mol. The van der Waals surface area contributed by atoms with E-state index in [1.165, 1.54) is 6.07 Å². The minimum Gasteiger partial charge on any atom is -0.393 e. The summed E-state index contributed by atoms with van der Waals surface area (Å²) < 4.78 is 14.1. The van der Waals surface area contributed by atoms with Crippen LogP contribution in [-0.2, 0) is 6.54 Å². The van der Waals surface area contributed by atoms with Gasteiger partial charge in [-0.15, -0.1) is 0 Å². The summed E-state index contributed by atoms with van der Waals surface area (Å²) in [7, 11) is 0. The molecule has 0 aliphatic carbocycles. The van der Waals surface area contributed by atoms with Gasteiger partial charge in [-0.1, -0.05) is 15.9 Å². The first kappa shape index (κ1) is 14.0. The van der Waals surface area contributed by atoms with E-state index in [0.717, 1.165) is 42.5 Å². The van der Waals surface area contributed by atoms with E-state index in [1.807, 2.05) is 13.0 Å². The number of aliphatic hydroxyl groups excluding tert-OH is 1. The summed E-state index contributed by atoms with van der Waals surface area (Å²) in [6, 6.07) is 5.00. The lowest BCUT2D eigenvalue weighted by Crippen LogP contribution is -2.39. The van der Waals surface area contributed by atoms with Gasteiger partial charge in [-0.3, -0.25) is 4.90 Å². The van der Waals surface area contributed by atoms with Crippen LogP contribution in [-0.4, -0.2) is 29.2 Å². The molecule has 1 aromatic rings. The minimum atomic E-state index is -0.257. The standard InChI is InChI=1S/C14H19BrFNO/c1-10(18)12-3-2-4-17(9-12)8-11-5-13(15)7-14(16)6-11/h5-7,10,12,18H,2-4,8-9H2,1H3. The van der Waals surface area contributed by atoms with E-state index in [-0.39, 0.29) is 11.9 Å². The summed E-state index contributed by atoms with van der Waals surface area (Å²) in [4.78, 5) is 2.29. The highest BCUT2D eigenvalue weighted by Gasteiger charge is 2.23. The molecule has 0 aromatic heterocycles. The van der Waals surface area contributed by atoms with Crippen LogP contribution in [0.3, 0.4) is 0 Å². The Morgan fingerprint density at radius 2 is 2.28 bits per heavy atom. The lowest BCUT2D eigenvalue weighted by Gasteiger charge is -2.34. The van der Waals surface area contributed by atoms with Gasteiger partial charge in [0.05, 0.1) is 6.10 Å². The predicted octanol–water partition coefficient (Wildman–Crippen LogP) is 3.18. The fourth-order valence-electron chi connectivity index (χ4n) is 2.59. The highest BCUT2D eigenvalue weighted by molar-refractivity contribution is 9.10. The van der Waals surface area contributed by atoms with Crippen molar-refractivity contribution in [2.24, 2.45) is 5.92 Å². The molecule has 1 fully saturated rings. The number of hydrogen-bond acceptors (Lipinski definition) is 2. The smallest absolute Gasteiger partial charge is 0.124 e. The lowest BCUT2D eigenvalue weighted by molar-refractivity contribution is 0.0598. The van der Waals surface area contributed by atoms with E-state index in [9.17, 15) is 9.50 Å². The molecule has 2 rings (SSSR count). The van der Waals surface area contributed by atoms with Crippen molar-refractivity contribution in [2.75, 3.05) is 13.1 Å². The molecule has 1 saturated heterocycles. The third-order valence-electron chi connectivity index (χ3n) is 3.55. The monoisotopic (exact) mass is 315 g/mol. The van der Waals surface area contributed by atoms with Gasteiger partial charge >= 0.3 is 0 Å². The van der Waals surface area contributed by atoms with E-state index in [0.29, 0.717) is 5.92 Å². The summed E-state index contributed by atoms with van der Waals surface area (Å²) in [6.45, 7) is 4.52.